The van der Waals surface area contributed by atoms with E-state index in [1.54, 1.807) is 13.4 Å². The first-order valence-electron chi connectivity index (χ1n) is 8.69. The minimum atomic E-state index is -0.424. The van der Waals surface area contributed by atoms with E-state index in [9.17, 15) is 4.79 Å². The van der Waals surface area contributed by atoms with Gasteiger partial charge in [-0.25, -0.2) is 14.8 Å². The standard InChI is InChI=1S/C19H24N4O3/c1-14-10-18(21-13-20-14)23-9-8-16(17(11-23)25-2)22-19(24)26-12-15-6-4-3-5-7-15/h3-7,10,13,16-17H,8-9,11-12H2,1-2H3,(H,22,24)/t16-,17+/m0/s1. The second-order valence-electron chi connectivity index (χ2n) is 6.34. The molecule has 0 radical (unpaired) electrons. The summed E-state index contributed by atoms with van der Waals surface area (Å²) in [4.78, 5) is 22.7. The lowest BCUT2D eigenvalue weighted by molar-refractivity contribution is 0.0544. The van der Waals surface area contributed by atoms with Crippen molar-refractivity contribution in [2.24, 2.45) is 0 Å². The Morgan fingerprint density at radius 2 is 2.12 bits per heavy atom. The van der Waals surface area contributed by atoms with E-state index >= 15 is 0 Å². The number of anilines is 1. The molecule has 2 atom stereocenters. The number of nitrogens with zero attached hydrogens (tertiary/aromatic N) is 3. The van der Waals surface area contributed by atoms with Crippen molar-refractivity contribution in [1.29, 1.82) is 0 Å². The quantitative estimate of drug-likeness (QED) is 0.886. The van der Waals surface area contributed by atoms with Crippen molar-refractivity contribution in [3.05, 3.63) is 54.0 Å². The maximum Gasteiger partial charge on any atom is 0.407 e. The molecule has 2 aromatic rings. The topological polar surface area (TPSA) is 76.6 Å². The predicted molar refractivity (Wildman–Crippen MR) is 97.9 cm³/mol. The molecule has 7 nitrogen and oxygen atoms in total. The number of methoxy groups -OCH3 is 1. The summed E-state index contributed by atoms with van der Waals surface area (Å²) in [6, 6.07) is 11.5. The van der Waals surface area contributed by atoms with Gasteiger partial charge in [-0.2, -0.15) is 0 Å². The number of benzene rings is 1. The van der Waals surface area contributed by atoms with Gasteiger partial charge in [-0.1, -0.05) is 30.3 Å². The Labute approximate surface area is 153 Å². The van der Waals surface area contributed by atoms with Crippen LogP contribution in [0.5, 0.6) is 0 Å². The van der Waals surface area contributed by atoms with E-state index in [2.05, 4.69) is 20.2 Å². The van der Waals surface area contributed by atoms with Crippen LogP contribution in [0.15, 0.2) is 42.7 Å². The number of alkyl carbamates (subject to hydrolysis) is 1. The maximum absolute atomic E-state index is 12.1. The third kappa shape index (κ3) is 4.70. The van der Waals surface area contributed by atoms with E-state index in [1.807, 2.05) is 43.3 Å². The maximum atomic E-state index is 12.1. The van der Waals surface area contributed by atoms with E-state index in [4.69, 9.17) is 9.47 Å². The lowest BCUT2D eigenvalue weighted by Crippen LogP contribution is -2.55. The molecule has 0 aliphatic carbocycles. The van der Waals surface area contributed by atoms with Gasteiger partial charge < -0.3 is 19.7 Å². The van der Waals surface area contributed by atoms with Crippen LogP contribution >= 0.6 is 0 Å². The normalized spacial score (nSPS) is 19.8. The molecule has 1 fully saturated rings. The Bertz CT molecular complexity index is 726. The third-order valence-corrected chi connectivity index (χ3v) is 4.49. The largest absolute Gasteiger partial charge is 0.445 e. The first kappa shape index (κ1) is 18.1. The number of carbonyl (C=O) groups is 1. The van der Waals surface area contributed by atoms with Gasteiger partial charge in [0.05, 0.1) is 12.1 Å². The van der Waals surface area contributed by atoms with E-state index in [-0.39, 0.29) is 18.8 Å². The Balaban J connectivity index is 1.53. The Morgan fingerprint density at radius 1 is 1.31 bits per heavy atom. The third-order valence-electron chi connectivity index (χ3n) is 4.49. The first-order chi connectivity index (χ1) is 12.7. The fraction of sp³-hybridized carbons (Fsp3) is 0.421. The molecule has 1 saturated heterocycles. The zero-order valence-corrected chi connectivity index (χ0v) is 15.1. The van der Waals surface area contributed by atoms with Crippen molar-refractivity contribution in [2.45, 2.75) is 32.1 Å². The zero-order chi connectivity index (χ0) is 18.4. The molecule has 2 heterocycles. The summed E-state index contributed by atoms with van der Waals surface area (Å²) in [5.41, 5.74) is 1.88. The van der Waals surface area contributed by atoms with Crippen molar-refractivity contribution in [1.82, 2.24) is 15.3 Å². The SMILES string of the molecule is CO[C@@H]1CN(c2cc(C)ncn2)CC[C@@H]1NC(=O)OCc1ccccc1. The van der Waals surface area contributed by atoms with Crippen LogP contribution in [0.2, 0.25) is 0 Å². The molecule has 7 heteroatoms. The predicted octanol–water partition coefficient (Wildman–Crippen LogP) is 2.31. The summed E-state index contributed by atoms with van der Waals surface area (Å²) in [6.45, 7) is 3.62. The Morgan fingerprint density at radius 3 is 2.85 bits per heavy atom. The second kappa shape index (κ2) is 8.62. The van der Waals surface area contributed by atoms with Gasteiger partial charge >= 0.3 is 6.09 Å². The average Bonchev–Trinajstić information content (AvgIpc) is 2.67. The highest BCUT2D eigenvalue weighted by molar-refractivity contribution is 5.67. The molecule has 1 aromatic carbocycles. The average molecular weight is 356 g/mol. The minimum absolute atomic E-state index is 0.0949. The lowest BCUT2D eigenvalue weighted by atomic mass is 10.0. The van der Waals surface area contributed by atoms with Gasteiger partial charge in [0.2, 0.25) is 0 Å². The van der Waals surface area contributed by atoms with Gasteiger partial charge in [0.15, 0.2) is 0 Å². The molecule has 1 amide bonds. The zero-order valence-electron chi connectivity index (χ0n) is 15.1. The molecule has 1 aromatic heterocycles. The molecule has 0 spiro atoms. The van der Waals surface area contributed by atoms with Crippen molar-refractivity contribution >= 4 is 11.9 Å². The number of carbonyl (C=O) groups excluding carboxylic acids is 1. The summed E-state index contributed by atoms with van der Waals surface area (Å²) in [5, 5.41) is 2.93. The van der Waals surface area contributed by atoms with Crippen LogP contribution in [0, 0.1) is 6.92 Å². The Hall–Kier alpha value is -2.67. The Kier molecular flexibility index (Phi) is 6.01. The summed E-state index contributed by atoms with van der Waals surface area (Å²) >= 11 is 0. The van der Waals surface area contributed by atoms with E-state index in [0.717, 1.165) is 30.0 Å². The van der Waals surface area contributed by atoms with Crippen molar-refractivity contribution in [3.8, 4) is 0 Å². The van der Waals surface area contributed by atoms with Crippen LogP contribution in [-0.2, 0) is 16.1 Å². The highest BCUT2D eigenvalue weighted by atomic mass is 16.5. The number of hydrogen-bond donors (Lipinski definition) is 1. The summed E-state index contributed by atoms with van der Waals surface area (Å²) in [5.74, 6) is 0.879. The molecule has 1 aliphatic heterocycles. The van der Waals surface area contributed by atoms with Crippen LogP contribution < -0.4 is 10.2 Å². The lowest BCUT2D eigenvalue weighted by Gasteiger charge is -2.38. The number of aryl methyl sites for hydroxylation is 1. The van der Waals surface area contributed by atoms with Gasteiger partial charge in [-0.15, -0.1) is 0 Å². The minimum Gasteiger partial charge on any atom is -0.445 e. The second-order valence-corrected chi connectivity index (χ2v) is 6.34. The highest BCUT2D eigenvalue weighted by Crippen LogP contribution is 2.20. The number of aromatic nitrogens is 2. The number of ether oxygens (including phenoxy) is 2. The summed E-state index contributed by atoms with van der Waals surface area (Å²) in [7, 11) is 1.66. The number of rotatable bonds is 5. The number of amides is 1. The molecule has 0 bridgehead atoms. The van der Waals surface area contributed by atoms with Crippen LogP contribution in [-0.4, -0.2) is 48.4 Å². The molecule has 1 aliphatic rings. The molecular weight excluding hydrogens is 332 g/mol. The smallest absolute Gasteiger partial charge is 0.407 e. The molecule has 26 heavy (non-hydrogen) atoms. The molecule has 3 rings (SSSR count). The van der Waals surface area contributed by atoms with Gasteiger partial charge in [-0.05, 0) is 18.9 Å². The number of piperidine rings is 1. The van der Waals surface area contributed by atoms with E-state index < -0.39 is 6.09 Å². The van der Waals surface area contributed by atoms with Gasteiger partial charge in [0, 0.05) is 32.0 Å². The molecule has 0 unspecified atom stereocenters. The fourth-order valence-corrected chi connectivity index (χ4v) is 3.06. The van der Waals surface area contributed by atoms with E-state index in [1.165, 1.54) is 0 Å². The molecular formula is C19H24N4O3. The van der Waals surface area contributed by atoms with Crippen LogP contribution in [0.25, 0.3) is 0 Å². The van der Waals surface area contributed by atoms with Gasteiger partial charge in [-0.3, -0.25) is 0 Å². The van der Waals surface area contributed by atoms with Crippen molar-refractivity contribution < 1.29 is 14.3 Å². The molecule has 138 valence electrons. The van der Waals surface area contributed by atoms with Crippen LogP contribution in [0.1, 0.15) is 17.7 Å². The van der Waals surface area contributed by atoms with Crippen LogP contribution in [0.3, 0.4) is 0 Å². The van der Waals surface area contributed by atoms with Gasteiger partial charge in [0.1, 0.15) is 18.8 Å². The van der Waals surface area contributed by atoms with Crippen LogP contribution in [0.4, 0.5) is 10.6 Å². The molecule has 0 saturated carbocycles. The number of hydrogen-bond acceptors (Lipinski definition) is 6. The number of nitrogens with one attached hydrogen (secondary N) is 1. The summed E-state index contributed by atoms with van der Waals surface area (Å²) in [6.07, 6.45) is 1.76. The monoisotopic (exact) mass is 356 g/mol. The highest BCUT2D eigenvalue weighted by Gasteiger charge is 2.31. The van der Waals surface area contributed by atoms with Crippen molar-refractivity contribution in [2.75, 3.05) is 25.1 Å². The fourth-order valence-electron chi connectivity index (χ4n) is 3.06. The first-order valence-corrected chi connectivity index (χ1v) is 8.69. The molecule has 1 N–H and O–H groups in total. The van der Waals surface area contributed by atoms with E-state index in [0.29, 0.717) is 6.54 Å². The van der Waals surface area contributed by atoms with Crippen molar-refractivity contribution in [3.63, 3.8) is 0 Å². The van der Waals surface area contributed by atoms with Gasteiger partial charge in [0.25, 0.3) is 0 Å². The summed E-state index contributed by atoms with van der Waals surface area (Å²) < 4.78 is 10.9.